The molecule has 3 amide bonds. The molecule has 0 aliphatic heterocycles. The third-order valence-electron chi connectivity index (χ3n) is 4.86. The van der Waals surface area contributed by atoms with Crippen molar-refractivity contribution in [3.63, 3.8) is 0 Å². The summed E-state index contributed by atoms with van der Waals surface area (Å²) >= 11 is 0. The van der Waals surface area contributed by atoms with Crippen molar-refractivity contribution in [1.29, 1.82) is 0 Å². The van der Waals surface area contributed by atoms with E-state index < -0.39 is 0 Å². The highest BCUT2D eigenvalue weighted by Gasteiger charge is 2.18. The quantitative estimate of drug-likeness (QED) is 0.507. The van der Waals surface area contributed by atoms with Crippen LogP contribution in [0.5, 0.6) is 0 Å². The summed E-state index contributed by atoms with van der Waals surface area (Å²) in [7, 11) is 0. The van der Waals surface area contributed by atoms with E-state index in [4.69, 9.17) is 5.10 Å². The van der Waals surface area contributed by atoms with Crippen molar-refractivity contribution in [2.24, 2.45) is 0 Å². The van der Waals surface area contributed by atoms with E-state index >= 15 is 0 Å². The summed E-state index contributed by atoms with van der Waals surface area (Å²) in [6.45, 7) is 4.94. The van der Waals surface area contributed by atoms with Crippen LogP contribution >= 0.6 is 0 Å². The molecule has 0 unspecified atom stereocenters. The maximum atomic E-state index is 12.8. The molecular weight excluding hydrogens is 390 g/mol. The lowest BCUT2D eigenvalue weighted by atomic mass is 10.1. The number of carbonyl (C=O) groups excluding carboxylic acids is 2. The van der Waals surface area contributed by atoms with Crippen LogP contribution in [0.3, 0.4) is 0 Å². The number of urea groups is 1. The average Bonchev–Trinajstić information content (AvgIpc) is 3.22. The summed E-state index contributed by atoms with van der Waals surface area (Å²) in [6, 6.07) is 21.0. The van der Waals surface area contributed by atoms with Gasteiger partial charge >= 0.3 is 6.03 Å². The number of para-hydroxylation sites is 1. The number of benzene rings is 2. The van der Waals surface area contributed by atoms with Gasteiger partial charge in [0, 0.05) is 24.7 Å². The Kier molecular flexibility index (Phi) is 7.81. The molecule has 162 valence electrons. The Hall–Kier alpha value is -3.61. The molecule has 1 aromatic heterocycles. The zero-order valence-electron chi connectivity index (χ0n) is 18.0. The van der Waals surface area contributed by atoms with E-state index in [0.717, 1.165) is 29.8 Å². The minimum atomic E-state index is -0.274. The fourth-order valence-corrected chi connectivity index (χ4v) is 3.15. The van der Waals surface area contributed by atoms with Crippen LogP contribution in [-0.2, 0) is 4.79 Å². The van der Waals surface area contributed by atoms with Crippen molar-refractivity contribution in [3.05, 3.63) is 66.7 Å². The van der Waals surface area contributed by atoms with E-state index in [0.29, 0.717) is 18.9 Å². The lowest BCUT2D eigenvalue weighted by Gasteiger charge is -2.21. The van der Waals surface area contributed by atoms with Gasteiger partial charge in [-0.05, 0) is 25.5 Å². The normalized spacial score (nSPS) is 10.5. The Morgan fingerprint density at radius 1 is 1.00 bits per heavy atom. The van der Waals surface area contributed by atoms with Gasteiger partial charge in [-0.1, -0.05) is 61.9 Å². The SMILES string of the molecule is CCCCNC(=O)N(CC)CC(=O)Nc1cc(-c2ccccc2)nn1-c1ccccc1. The number of amides is 3. The second kappa shape index (κ2) is 11.0. The Morgan fingerprint density at radius 3 is 2.32 bits per heavy atom. The predicted octanol–water partition coefficient (Wildman–Crippen LogP) is 4.31. The second-order valence-corrected chi connectivity index (χ2v) is 7.18. The zero-order valence-corrected chi connectivity index (χ0v) is 18.0. The molecule has 2 aromatic carbocycles. The number of hydrogen-bond acceptors (Lipinski definition) is 3. The molecule has 0 saturated heterocycles. The van der Waals surface area contributed by atoms with Crippen molar-refractivity contribution in [1.82, 2.24) is 20.0 Å². The summed E-state index contributed by atoms with van der Waals surface area (Å²) in [5, 5.41) is 10.5. The van der Waals surface area contributed by atoms with Crippen molar-refractivity contribution < 1.29 is 9.59 Å². The molecule has 31 heavy (non-hydrogen) atoms. The monoisotopic (exact) mass is 419 g/mol. The van der Waals surface area contributed by atoms with E-state index in [1.807, 2.05) is 73.7 Å². The van der Waals surface area contributed by atoms with E-state index in [-0.39, 0.29) is 18.5 Å². The highest BCUT2D eigenvalue weighted by Crippen LogP contribution is 2.24. The van der Waals surface area contributed by atoms with E-state index in [2.05, 4.69) is 17.6 Å². The smallest absolute Gasteiger partial charge is 0.317 e. The highest BCUT2D eigenvalue weighted by atomic mass is 16.2. The number of nitrogens with one attached hydrogen (secondary N) is 2. The summed E-state index contributed by atoms with van der Waals surface area (Å²) in [4.78, 5) is 26.6. The number of hydrogen-bond donors (Lipinski definition) is 2. The van der Waals surface area contributed by atoms with Gasteiger partial charge in [-0.25, -0.2) is 9.48 Å². The average molecular weight is 420 g/mol. The lowest BCUT2D eigenvalue weighted by Crippen LogP contribution is -2.44. The first-order valence-corrected chi connectivity index (χ1v) is 10.7. The summed E-state index contributed by atoms with van der Waals surface area (Å²) in [5.74, 6) is 0.279. The largest absolute Gasteiger partial charge is 0.338 e. The molecule has 0 radical (unpaired) electrons. The molecule has 7 heteroatoms. The Bertz CT molecular complexity index is 986. The molecule has 0 spiro atoms. The third kappa shape index (κ3) is 5.94. The van der Waals surface area contributed by atoms with Gasteiger partial charge in [0.05, 0.1) is 11.4 Å². The molecule has 3 aromatic rings. The molecule has 0 bridgehead atoms. The van der Waals surface area contributed by atoms with E-state index in [9.17, 15) is 9.59 Å². The van der Waals surface area contributed by atoms with Gasteiger partial charge < -0.3 is 15.5 Å². The third-order valence-corrected chi connectivity index (χ3v) is 4.86. The Labute approximate surface area is 183 Å². The molecule has 2 N–H and O–H groups in total. The first-order valence-electron chi connectivity index (χ1n) is 10.7. The van der Waals surface area contributed by atoms with Gasteiger partial charge in [-0.15, -0.1) is 0 Å². The molecule has 7 nitrogen and oxygen atoms in total. The van der Waals surface area contributed by atoms with E-state index in [1.165, 1.54) is 4.90 Å². The lowest BCUT2D eigenvalue weighted by molar-refractivity contribution is -0.116. The van der Waals surface area contributed by atoms with E-state index in [1.54, 1.807) is 4.68 Å². The topological polar surface area (TPSA) is 79.3 Å². The van der Waals surface area contributed by atoms with Gasteiger partial charge in [-0.3, -0.25) is 4.79 Å². The summed E-state index contributed by atoms with van der Waals surface area (Å²) < 4.78 is 1.71. The number of likely N-dealkylation sites (N-methyl/N-ethyl adjacent to an activating group) is 1. The van der Waals surface area contributed by atoms with Crippen LogP contribution in [-0.4, -0.2) is 46.3 Å². The zero-order chi connectivity index (χ0) is 22.1. The van der Waals surface area contributed by atoms with Crippen molar-refractivity contribution in [2.75, 3.05) is 25.0 Å². The second-order valence-electron chi connectivity index (χ2n) is 7.18. The van der Waals surface area contributed by atoms with Gasteiger partial charge in [0.1, 0.15) is 12.4 Å². The minimum Gasteiger partial charge on any atom is -0.338 e. The van der Waals surface area contributed by atoms with Crippen LogP contribution in [0, 0.1) is 0 Å². The molecule has 3 rings (SSSR count). The Morgan fingerprint density at radius 2 is 1.68 bits per heavy atom. The molecule has 0 saturated carbocycles. The van der Waals surface area contributed by atoms with Crippen LogP contribution in [0.25, 0.3) is 16.9 Å². The number of anilines is 1. The predicted molar refractivity (Wildman–Crippen MR) is 123 cm³/mol. The first kappa shape index (κ1) is 22.1. The maximum Gasteiger partial charge on any atom is 0.317 e. The fourth-order valence-electron chi connectivity index (χ4n) is 3.15. The van der Waals surface area contributed by atoms with Crippen LogP contribution < -0.4 is 10.6 Å². The maximum absolute atomic E-state index is 12.8. The summed E-state index contributed by atoms with van der Waals surface area (Å²) in [6.07, 6.45) is 1.91. The number of unbranched alkanes of at least 4 members (excludes halogenated alkanes) is 1. The van der Waals surface area contributed by atoms with Gasteiger partial charge in [-0.2, -0.15) is 5.10 Å². The standard InChI is InChI=1S/C24H29N5O2/c1-3-5-16-25-24(31)28(4-2)18-23(30)26-22-17-21(19-12-8-6-9-13-19)27-29(22)20-14-10-7-11-15-20/h6-15,17H,3-5,16,18H2,1-2H3,(H,25,31)(H,26,30). The van der Waals surface area contributed by atoms with Crippen molar-refractivity contribution >= 4 is 17.8 Å². The fraction of sp³-hybridized carbons (Fsp3) is 0.292. The van der Waals surface area contributed by atoms with Crippen LogP contribution in [0.2, 0.25) is 0 Å². The van der Waals surface area contributed by atoms with Crippen molar-refractivity contribution in [2.45, 2.75) is 26.7 Å². The molecular formula is C24H29N5O2. The van der Waals surface area contributed by atoms with Crippen LogP contribution in [0.4, 0.5) is 10.6 Å². The van der Waals surface area contributed by atoms with Gasteiger partial charge in [0.2, 0.25) is 5.91 Å². The molecule has 1 heterocycles. The number of rotatable bonds is 9. The number of nitrogens with zero attached hydrogens (tertiary/aromatic N) is 3. The molecule has 0 aliphatic carbocycles. The molecule has 0 aliphatic rings. The minimum absolute atomic E-state index is 0.0326. The highest BCUT2D eigenvalue weighted by molar-refractivity contribution is 5.94. The molecule has 0 fully saturated rings. The van der Waals surface area contributed by atoms with Gasteiger partial charge in [0.15, 0.2) is 0 Å². The molecule has 0 atom stereocenters. The number of aromatic nitrogens is 2. The van der Waals surface area contributed by atoms with Crippen LogP contribution in [0.15, 0.2) is 66.7 Å². The van der Waals surface area contributed by atoms with Gasteiger partial charge in [0.25, 0.3) is 0 Å². The van der Waals surface area contributed by atoms with Crippen LogP contribution in [0.1, 0.15) is 26.7 Å². The number of carbonyl (C=O) groups is 2. The van der Waals surface area contributed by atoms with Crippen molar-refractivity contribution in [3.8, 4) is 16.9 Å². The summed E-state index contributed by atoms with van der Waals surface area (Å²) in [5.41, 5.74) is 2.55. The Balaban J connectivity index is 1.78. The first-order chi connectivity index (χ1) is 15.1.